The van der Waals surface area contributed by atoms with Crippen LogP contribution in [-0.4, -0.2) is 23.1 Å². The number of carbonyl (C=O) groups is 1. The molecule has 1 aliphatic rings. The van der Waals surface area contributed by atoms with Gasteiger partial charge in [-0.1, -0.05) is 49.4 Å². The molecule has 1 heterocycles. The largest absolute Gasteiger partial charge is 0.443 e. The predicted molar refractivity (Wildman–Crippen MR) is 116 cm³/mol. The van der Waals surface area contributed by atoms with E-state index in [-0.39, 0.29) is 6.09 Å². The Labute approximate surface area is 174 Å². The highest BCUT2D eigenvalue weighted by Gasteiger charge is 2.36. The van der Waals surface area contributed by atoms with Crippen molar-refractivity contribution >= 4 is 14.5 Å². The summed E-state index contributed by atoms with van der Waals surface area (Å²) in [4.78, 5) is 14.6. The third-order valence-electron chi connectivity index (χ3n) is 4.14. The van der Waals surface area contributed by atoms with Crippen LogP contribution in [0.3, 0.4) is 0 Å². The van der Waals surface area contributed by atoms with Gasteiger partial charge in [-0.15, -0.1) is 0 Å². The highest BCUT2D eigenvalue weighted by Crippen LogP contribution is 2.50. The first-order chi connectivity index (χ1) is 13.8. The molecule has 1 atom stereocenters. The number of carbonyl (C=O) groups excluding carboxylic acids is 1. The van der Waals surface area contributed by atoms with Gasteiger partial charge in [0.05, 0.1) is 0 Å². The molecule has 0 aromatic heterocycles. The van der Waals surface area contributed by atoms with Crippen LogP contribution < -0.4 is 9.05 Å². The second-order valence-corrected chi connectivity index (χ2v) is 9.40. The molecule has 0 bridgehead atoms. The van der Waals surface area contributed by atoms with Crippen LogP contribution in [0.4, 0.5) is 4.79 Å². The van der Waals surface area contributed by atoms with Gasteiger partial charge in [-0.25, -0.2) is 4.79 Å². The second kappa shape index (κ2) is 9.32. The van der Waals surface area contributed by atoms with Crippen LogP contribution in [0.15, 0.2) is 72.2 Å². The van der Waals surface area contributed by atoms with Crippen LogP contribution in [-0.2, 0) is 4.74 Å². The van der Waals surface area contributed by atoms with Gasteiger partial charge in [0.2, 0.25) is 0 Å². The number of amides is 1. The topological polar surface area (TPSA) is 48.0 Å². The molecule has 0 fully saturated rings. The van der Waals surface area contributed by atoms with Gasteiger partial charge in [0.1, 0.15) is 22.5 Å². The first kappa shape index (κ1) is 21.2. The molecule has 0 saturated carbocycles. The zero-order valence-corrected chi connectivity index (χ0v) is 18.3. The Morgan fingerprint density at radius 3 is 1.97 bits per heavy atom. The molecule has 5 nitrogen and oxygen atoms in total. The van der Waals surface area contributed by atoms with E-state index < -0.39 is 14.0 Å². The van der Waals surface area contributed by atoms with Gasteiger partial charge in [-0.05, 0) is 57.4 Å². The quantitative estimate of drug-likeness (QED) is 0.520. The number of benzene rings is 2. The van der Waals surface area contributed by atoms with E-state index in [2.05, 4.69) is 6.92 Å². The number of allylic oxidation sites excluding steroid dienone is 1. The summed E-state index contributed by atoms with van der Waals surface area (Å²) >= 11 is 0. The van der Waals surface area contributed by atoms with Crippen molar-refractivity contribution in [2.45, 2.75) is 39.7 Å². The van der Waals surface area contributed by atoms with Gasteiger partial charge in [0.15, 0.2) is 0 Å². The molecule has 1 aliphatic heterocycles. The maximum atomic E-state index is 12.9. The highest BCUT2D eigenvalue weighted by molar-refractivity contribution is 7.52. The molecule has 2 aromatic rings. The lowest BCUT2D eigenvalue weighted by Crippen LogP contribution is -2.40. The average Bonchev–Trinajstić information content (AvgIpc) is 2.68. The van der Waals surface area contributed by atoms with Crippen molar-refractivity contribution in [2.24, 2.45) is 5.92 Å². The molecule has 1 amide bonds. The van der Waals surface area contributed by atoms with Crippen LogP contribution in [0.2, 0.25) is 0 Å². The lowest BCUT2D eigenvalue weighted by Gasteiger charge is -2.35. The van der Waals surface area contributed by atoms with Gasteiger partial charge in [-0.2, -0.15) is 0 Å². The summed E-state index contributed by atoms with van der Waals surface area (Å²) in [6, 6.07) is 19.0. The highest BCUT2D eigenvalue weighted by atomic mass is 31.2. The Morgan fingerprint density at radius 2 is 1.48 bits per heavy atom. The fraction of sp³-hybridized carbons (Fsp3) is 0.348. The van der Waals surface area contributed by atoms with E-state index in [4.69, 9.17) is 13.8 Å². The molecule has 0 N–H and O–H groups in total. The molecule has 6 heteroatoms. The molecular weight excluding hydrogens is 385 g/mol. The summed E-state index contributed by atoms with van der Waals surface area (Å²) in [5.41, 5.74) is 0.145. The van der Waals surface area contributed by atoms with E-state index in [0.717, 1.165) is 11.9 Å². The first-order valence-corrected chi connectivity index (χ1v) is 11.0. The van der Waals surface area contributed by atoms with Crippen LogP contribution >= 0.6 is 8.38 Å². The zero-order valence-electron chi connectivity index (χ0n) is 17.4. The fourth-order valence-corrected chi connectivity index (χ4v) is 4.29. The summed E-state index contributed by atoms with van der Waals surface area (Å²) in [6.45, 7) is 8.28. The normalized spacial score (nSPS) is 16.9. The van der Waals surface area contributed by atoms with E-state index in [9.17, 15) is 4.79 Å². The summed E-state index contributed by atoms with van der Waals surface area (Å²) in [5.74, 6) is 1.72. The van der Waals surface area contributed by atoms with Crippen molar-refractivity contribution in [1.82, 2.24) is 4.90 Å². The Hall–Kier alpha value is -2.52. The smallest absolute Gasteiger partial charge is 0.415 e. The molecule has 1 unspecified atom stereocenters. The molecule has 2 aromatic carbocycles. The minimum absolute atomic E-state index is 0.330. The fourth-order valence-electron chi connectivity index (χ4n) is 2.82. The van der Waals surface area contributed by atoms with Crippen molar-refractivity contribution in [1.29, 1.82) is 0 Å². The molecule has 0 saturated heterocycles. The maximum Gasteiger partial charge on any atom is 0.415 e. The minimum Gasteiger partial charge on any atom is -0.443 e. The van der Waals surface area contributed by atoms with Crippen molar-refractivity contribution in [3.05, 3.63) is 72.2 Å². The van der Waals surface area contributed by atoms with E-state index >= 15 is 0 Å². The SMILES string of the molecule is CC1CC=C(P(Oc2ccccc2)Oc2ccccc2)N(C(=O)OC(C)(C)C)C1. The number of hydrogen-bond acceptors (Lipinski definition) is 4. The van der Waals surface area contributed by atoms with Crippen LogP contribution in [0.1, 0.15) is 34.1 Å². The Kier molecular flexibility index (Phi) is 6.81. The number of nitrogens with zero attached hydrogens (tertiary/aromatic N) is 1. The standard InChI is InChI=1S/C23H28NO4P/c1-18-15-16-21(24(17-18)22(25)26-23(2,3)4)29(27-19-11-7-5-8-12-19)28-20-13-9-6-10-14-20/h5-14,16,18H,15,17H2,1-4H3. The lowest BCUT2D eigenvalue weighted by molar-refractivity contribution is 0.0292. The lowest BCUT2D eigenvalue weighted by atomic mass is 10.1. The van der Waals surface area contributed by atoms with Crippen molar-refractivity contribution in [3.8, 4) is 11.5 Å². The number of hydrogen-bond donors (Lipinski definition) is 0. The van der Waals surface area contributed by atoms with Crippen molar-refractivity contribution < 1.29 is 18.6 Å². The summed E-state index contributed by atoms with van der Waals surface area (Å²) < 4.78 is 18.1. The van der Waals surface area contributed by atoms with Gasteiger partial charge < -0.3 is 13.8 Å². The molecule has 0 spiro atoms. The second-order valence-electron chi connectivity index (χ2n) is 8.06. The monoisotopic (exact) mass is 413 g/mol. The van der Waals surface area contributed by atoms with E-state index in [1.54, 1.807) is 4.90 Å². The van der Waals surface area contributed by atoms with Crippen molar-refractivity contribution in [3.63, 3.8) is 0 Å². The Bertz CT molecular complexity index is 791. The number of para-hydroxylation sites is 2. The molecule has 154 valence electrons. The van der Waals surface area contributed by atoms with Gasteiger partial charge in [-0.3, -0.25) is 4.90 Å². The van der Waals surface area contributed by atoms with Crippen LogP contribution in [0.25, 0.3) is 0 Å². The average molecular weight is 413 g/mol. The predicted octanol–water partition coefficient (Wildman–Crippen LogP) is 6.57. The van der Waals surface area contributed by atoms with Gasteiger partial charge >= 0.3 is 14.5 Å². The third-order valence-corrected chi connectivity index (χ3v) is 5.69. The maximum absolute atomic E-state index is 12.9. The van der Waals surface area contributed by atoms with Gasteiger partial charge in [0.25, 0.3) is 0 Å². The third kappa shape index (κ3) is 6.23. The van der Waals surface area contributed by atoms with E-state index in [1.807, 2.05) is 87.5 Å². The Morgan fingerprint density at radius 1 is 0.966 bits per heavy atom. The molecular formula is C23H28NO4P. The molecule has 3 rings (SSSR count). The minimum atomic E-state index is -1.58. The first-order valence-electron chi connectivity index (χ1n) is 9.78. The molecule has 0 aliphatic carbocycles. The van der Waals surface area contributed by atoms with E-state index in [0.29, 0.717) is 24.0 Å². The molecule has 29 heavy (non-hydrogen) atoms. The van der Waals surface area contributed by atoms with E-state index in [1.165, 1.54) is 0 Å². The zero-order chi connectivity index (χ0) is 20.9. The van der Waals surface area contributed by atoms with Crippen LogP contribution in [0.5, 0.6) is 11.5 Å². The summed E-state index contributed by atoms with van der Waals surface area (Å²) in [5, 5.41) is 0. The van der Waals surface area contributed by atoms with Crippen LogP contribution in [0, 0.1) is 5.92 Å². The number of rotatable bonds is 5. The summed E-state index contributed by atoms with van der Waals surface area (Å²) in [7, 11) is -1.58. The number of ether oxygens (including phenoxy) is 1. The van der Waals surface area contributed by atoms with Crippen molar-refractivity contribution in [2.75, 3.05) is 6.54 Å². The summed E-state index contributed by atoms with van der Waals surface area (Å²) in [6.07, 6.45) is 2.51. The molecule has 0 radical (unpaired) electrons. The van der Waals surface area contributed by atoms with Gasteiger partial charge in [0, 0.05) is 6.54 Å². The Balaban J connectivity index is 1.91.